The fourth-order valence-corrected chi connectivity index (χ4v) is 12.0. The largest absolute Gasteiger partial charge is 0.399 e. The maximum absolute atomic E-state index is 16.7. The first kappa shape index (κ1) is 47.7. The highest BCUT2D eigenvalue weighted by atomic mass is 32.2. The second-order valence-electron chi connectivity index (χ2n) is 19.4. The number of halogens is 3. The number of pyridine rings is 1. The van der Waals surface area contributed by atoms with Crippen LogP contribution in [0.5, 0.6) is 0 Å². The van der Waals surface area contributed by atoms with E-state index in [9.17, 15) is 12.8 Å². The molecule has 0 saturated carbocycles. The Bertz CT molecular complexity index is 3360. The fraction of sp³-hybridized carbons (Fsp3) is 0.250. The summed E-state index contributed by atoms with van der Waals surface area (Å²) < 4.78 is 78.6. The molecule has 3 aliphatic heterocycles. The second kappa shape index (κ2) is 18.8. The number of nitrogens with zero attached hydrogens (tertiary/aromatic N) is 8. The minimum absolute atomic E-state index is 0.0702. The number of nitrogens with one attached hydrogen (secondary N) is 1. The zero-order valence-corrected chi connectivity index (χ0v) is 41.1. The van der Waals surface area contributed by atoms with Gasteiger partial charge in [0, 0.05) is 111 Å². The highest BCUT2D eigenvalue weighted by molar-refractivity contribution is 7.90. The predicted molar refractivity (Wildman–Crippen MR) is 278 cm³/mol. The molecular weight excluding hydrogens is 950 g/mol. The number of likely N-dealkylation sites (tertiary alicyclic amines) is 1. The van der Waals surface area contributed by atoms with Crippen LogP contribution in [0.2, 0.25) is 0 Å². The molecule has 3 aromatic heterocycles. The molecule has 0 amide bonds. The summed E-state index contributed by atoms with van der Waals surface area (Å²) in [6.07, 6.45) is 8.62. The average Bonchev–Trinajstić information content (AvgIpc) is 3.77. The molecule has 17 heteroatoms. The molecule has 3 fully saturated rings. The smallest absolute Gasteiger partial charge is 0.301 e. The predicted octanol–water partition coefficient (Wildman–Crippen LogP) is 8.96. The molecule has 372 valence electrons. The highest BCUT2D eigenvalue weighted by Crippen LogP contribution is 2.46. The van der Waals surface area contributed by atoms with Gasteiger partial charge < -0.3 is 20.1 Å². The molecule has 0 atom stereocenters. The molecule has 11 rings (SSSR count). The third-order valence-electron chi connectivity index (χ3n) is 14.9. The summed E-state index contributed by atoms with van der Waals surface area (Å²) in [6.45, 7) is 6.88. The highest BCUT2D eigenvalue weighted by Gasteiger charge is 2.54. The van der Waals surface area contributed by atoms with Crippen molar-refractivity contribution in [3.63, 3.8) is 0 Å². The van der Waals surface area contributed by atoms with E-state index in [0.717, 1.165) is 85.2 Å². The van der Waals surface area contributed by atoms with Crippen molar-refractivity contribution in [2.45, 2.75) is 31.3 Å². The van der Waals surface area contributed by atoms with Gasteiger partial charge in [-0.05, 0) is 65.9 Å². The van der Waals surface area contributed by atoms with Crippen LogP contribution in [0.4, 0.5) is 36.2 Å². The van der Waals surface area contributed by atoms with Gasteiger partial charge in [0.25, 0.3) is 0 Å². The number of aromatic nitrogens is 4. The summed E-state index contributed by atoms with van der Waals surface area (Å²) in [5, 5.41) is 0.288. The molecule has 0 unspecified atom stereocenters. The van der Waals surface area contributed by atoms with Gasteiger partial charge in [-0.1, -0.05) is 97.9 Å². The van der Waals surface area contributed by atoms with Crippen molar-refractivity contribution in [3.05, 3.63) is 197 Å². The monoisotopic (exact) mass is 1000 g/mol. The van der Waals surface area contributed by atoms with Gasteiger partial charge in [0.15, 0.2) is 5.82 Å². The summed E-state index contributed by atoms with van der Waals surface area (Å²) in [4.78, 5) is 36.5. The second-order valence-corrected chi connectivity index (χ2v) is 21.2. The van der Waals surface area contributed by atoms with Gasteiger partial charge in [-0.15, -0.1) is 0 Å². The minimum Gasteiger partial charge on any atom is -0.399 e. The van der Waals surface area contributed by atoms with Crippen molar-refractivity contribution in [2.75, 3.05) is 73.1 Å². The Balaban J connectivity index is 0.922. The minimum atomic E-state index is -4.25. The Morgan fingerprint density at radius 2 is 1.34 bits per heavy atom. The molecule has 3 saturated heterocycles. The van der Waals surface area contributed by atoms with Crippen LogP contribution in [0.15, 0.2) is 152 Å². The van der Waals surface area contributed by atoms with E-state index in [-0.39, 0.29) is 28.7 Å². The van der Waals surface area contributed by atoms with Gasteiger partial charge >= 0.3 is 10.2 Å². The number of piperidine rings is 1. The SMILES string of the molecule is CCN(C)S(=O)(=O)Nc1ccc(F)c(C(=O)c2cn(C(c3ccccc3)(c3ccccc3)c3ccccc3)c3ncc(-c4cnc(N5CC6(C5)CN(C5CCN(c7ccc(N)cc7F)CC5)C6)nc4)cc23)c1F. The lowest BCUT2D eigenvalue weighted by Gasteiger charge is -2.62. The summed E-state index contributed by atoms with van der Waals surface area (Å²) in [6, 6.07) is 38.2. The summed E-state index contributed by atoms with van der Waals surface area (Å²) >= 11 is 0. The fourth-order valence-electron chi connectivity index (χ4n) is 11.1. The first-order chi connectivity index (χ1) is 35.3. The van der Waals surface area contributed by atoms with Crippen LogP contribution in [-0.2, 0) is 15.7 Å². The zero-order valence-electron chi connectivity index (χ0n) is 40.3. The molecule has 5 aromatic carbocycles. The molecule has 1 spiro atoms. The van der Waals surface area contributed by atoms with E-state index in [0.29, 0.717) is 40.1 Å². The Hall–Kier alpha value is -7.60. The molecule has 8 aromatic rings. The lowest BCUT2D eigenvalue weighted by Crippen LogP contribution is -2.74. The zero-order chi connectivity index (χ0) is 50.6. The first-order valence-corrected chi connectivity index (χ1v) is 25.8. The molecule has 0 aliphatic carbocycles. The van der Waals surface area contributed by atoms with Crippen LogP contribution >= 0.6 is 0 Å². The molecule has 3 N–H and O–H groups in total. The average molecular weight is 1000 g/mol. The quantitative estimate of drug-likeness (QED) is 0.0615. The Labute approximate surface area is 421 Å². The van der Waals surface area contributed by atoms with Crippen molar-refractivity contribution < 1.29 is 26.4 Å². The van der Waals surface area contributed by atoms with E-state index >= 15 is 13.6 Å². The van der Waals surface area contributed by atoms with Crippen molar-refractivity contribution in [3.8, 4) is 11.1 Å². The Morgan fingerprint density at radius 1 is 0.753 bits per heavy atom. The van der Waals surface area contributed by atoms with Gasteiger partial charge in [-0.3, -0.25) is 14.4 Å². The van der Waals surface area contributed by atoms with Gasteiger partial charge in [0.2, 0.25) is 11.7 Å². The summed E-state index contributed by atoms with van der Waals surface area (Å²) in [7, 11) is -2.93. The van der Waals surface area contributed by atoms with Crippen LogP contribution < -0.4 is 20.3 Å². The number of nitrogen functional groups attached to an aromatic ring is 1. The number of carbonyl (C=O) groups is 1. The number of rotatable bonds is 14. The first-order valence-electron chi connectivity index (χ1n) is 24.3. The van der Waals surface area contributed by atoms with Gasteiger partial charge in [-0.25, -0.2) is 28.1 Å². The lowest BCUT2D eigenvalue weighted by atomic mass is 9.71. The van der Waals surface area contributed by atoms with Crippen LogP contribution in [-0.4, -0.2) is 102 Å². The van der Waals surface area contributed by atoms with Crippen molar-refractivity contribution in [2.24, 2.45) is 5.41 Å². The third-order valence-corrected chi connectivity index (χ3v) is 16.5. The van der Waals surface area contributed by atoms with E-state index in [4.69, 9.17) is 20.7 Å². The van der Waals surface area contributed by atoms with E-state index in [1.807, 2.05) is 95.6 Å². The molecular formula is C56H53F3N10O3S. The third kappa shape index (κ3) is 8.44. The van der Waals surface area contributed by atoms with E-state index in [1.165, 1.54) is 13.1 Å². The molecule has 73 heavy (non-hydrogen) atoms. The molecule has 3 aliphatic rings. The van der Waals surface area contributed by atoms with Crippen LogP contribution in [0.3, 0.4) is 0 Å². The standard InChI is InChI=1S/C56H53F3N10O3S/c1-3-65(2)73(71,72)64-48-21-20-46(57)50(51(48)59)52(70)45-32-69(56(39-13-7-4-8-14-39,40-15-9-5-10-16-40)41-17-11-6-12-18-41)53-44(45)27-37(29-61-53)38-30-62-54(63-31-38)68-35-55(36-68)33-67(34-55)43-23-25-66(26-24-43)49-22-19-42(60)28-47(49)58/h4-22,27-32,43,64H,3,23-26,33-36,60H2,1-2H3. The lowest BCUT2D eigenvalue weighted by molar-refractivity contribution is -0.0557. The van der Waals surface area contributed by atoms with E-state index in [1.54, 1.807) is 49.9 Å². The van der Waals surface area contributed by atoms with Crippen molar-refractivity contribution in [1.29, 1.82) is 0 Å². The number of nitrogens with two attached hydrogens (primary N) is 1. The van der Waals surface area contributed by atoms with Gasteiger partial charge in [-0.2, -0.15) is 12.7 Å². The number of hydrogen-bond acceptors (Lipinski definition) is 10. The molecule has 0 radical (unpaired) electrons. The van der Waals surface area contributed by atoms with Gasteiger partial charge in [0.05, 0.1) is 22.5 Å². The van der Waals surface area contributed by atoms with Crippen LogP contribution in [0, 0.1) is 22.9 Å². The number of ketones is 1. The number of anilines is 4. The van der Waals surface area contributed by atoms with Crippen molar-refractivity contribution >= 4 is 50.0 Å². The normalized spacial score (nSPS) is 16.2. The maximum atomic E-state index is 16.7. The Morgan fingerprint density at radius 3 is 1.92 bits per heavy atom. The number of benzene rings is 5. The molecule has 13 nitrogen and oxygen atoms in total. The summed E-state index contributed by atoms with van der Waals surface area (Å²) in [5.41, 5.74) is 8.17. The van der Waals surface area contributed by atoms with Gasteiger partial charge in [0.1, 0.15) is 22.8 Å². The van der Waals surface area contributed by atoms with E-state index < -0.39 is 44.4 Å². The topological polar surface area (TPSA) is 146 Å². The van der Waals surface area contributed by atoms with Crippen LogP contribution in [0.25, 0.3) is 22.2 Å². The number of hydrogen-bond donors (Lipinski definition) is 2. The Kier molecular flexibility index (Phi) is 12.3. The van der Waals surface area contributed by atoms with E-state index in [2.05, 4.69) is 19.4 Å². The van der Waals surface area contributed by atoms with Crippen LogP contribution in [0.1, 0.15) is 52.4 Å². The number of carbonyl (C=O) groups excluding carboxylic acids is 1. The van der Waals surface area contributed by atoms with Crippen molar-refractivity contribution in [1.82, 2.24) is 28.7 Å². The number of fused-ring (bicyclic) bond motifs is 1. The molecule has 6 heterocycles. The summed E-state index contributed by atoms with van der Waals surface area (Å²) in [5.74, 6) is -3.23. The molecule has 0 bridgehead atoms. The maximum Gasteiger partial charge on any atom is 0.301 e.